The Hall–Kier alpha value is -2.34. The fraction of sp³-hybridized carbons (Fsp3) is 0.154. The van der Waals surface area contributed by atoms with E-state index in [0.29, 0.717) is 16.5 Å². The van der Waals surface area contributed by atoms with Crippen molar-refractivity contribution in [3.63, 3.8) is 0 Å². The molecule has 3 rings (SSSR count). The second kappa shape index (κ2) is 4.97. The number of H-pyrrole nitrogens is 1. The predicted octanol–water partition coefficient (Wildman–Crippen LogP) is 2.02. The lowest BCUT2D eigenvalue weighted by Crippen LogP contribution is -2.20. The second-order valence-corrected chi connectivity index (χ2v) is 4.80. The van der Waals surface area contributed by atoms with Crippen molar-refractivity contribution in [3.05, 3.63) is 64.1 Å². The van der Waals surface area contributed by atoms with Gasteiger partial charge in [0.15, 0.2) is 5.82 Å². The van der Waals surface area contributed by atoms with Gasteiger partial charge in [0.05, 0.1) is 5.69 Å². The van der Waals surface area contributed by atoms with E-state index in [-0.39, 0.29) is 11.7 Å². The zero-order chi connectivity index (χ0) is 14.1. The van der Waals surface area contributed by atoms with E-state index < -0.39 is 0 Å². The molecule has 102 valence electrons. The lowest BCUT2D eigenvalue weighted by molar-refractivity contribution is 0.527. The minimum Gasteiger partial charge on any atom is -0.262 e. The summed E-state index contributed by atoms with van der Waals surface area (Å²) < 4.78 is 3.23. The highest BCUT2D eigenvalue weighted by Gasteiger charge is 2.18. The van der Waals surface area contributed by atoms with Crippen LogP contribution in [0.5, 0.6) is 0 Å². The van der Waals surface area contributed by atoms with Crippen LogP contribution in [0.25, 0.3) is 5.69 Å². The fourth-order valence-corrected chi connectivity index (χ4v) is 2.27. The summed E-state index contributed by atoms with van der Waals surface area (Å²) in [6, 6.07) is 8.72. The van der Waals surface area contributed by atoms with E-state index in [2.05, 4.69) is 15.3 Å². The summed E-state index contributed by atoms with van der Waals surface area (Å²) in [5, 5.41) is 11.3. The maximum atomic E-state index is 12.0. The van der Waals surface area contributed by atoms with Crippen LogP contribution in [-0.4, -0.2) is 24.5 Å². The van der Waals surface area contributed by atoms with Gasteiger partial charge in [-0.1, -0.05) is 17.7 Å². The van der Waals surface area contributed by atoms with Crippen LogP contribution in [-0.2, 0) is 0 Å². The Bertz CT molecular complexity index is 774. The first-order valence-corrected chi connectivity index (χ1v) is 6.47. The van der Waals surface area contributed by atoms with Crippen molar-refractivity contribution in [1.29, 1.82) is 0 Å². The molecule has 6 nitrogen and oxygen atoms in total. The summed E-state index contributed by atoms with van der Waals surface area (Å²) in [6.45, 7) is 1.92. The number of halogens is 1. The molecular weight excluding hydrogens is 278 g/mol. The molecule has 1 N–H and O–H groups in total. The molecule has 1 atom stereocenters. The van der Waals surface area contributed by atoms with Gasteiger partial charge in [0, 0.05) is 17.4 Å². The molecule has 0 radical (unpaired) electrons. The molecule has 1 aromatic carbocycles. The average molecular weight is 290 g/mol. The Kier molecular flexibility index (Phi) is 3.15. The van der Waals surface area contributed by atoms with Crippen molar-refractivity contribution >= 4 is 11.6 Å². The Morgan fingerprint density at radius 2 is 2.20 bits per heavy atom. The highest BCUT2D eigenvalue weighted by molar-refractivity contribution is 6.30. The van der Waals surface area contributed by atoms with Crippen molar-refractivity contribution in [2.45, 2.75) is 13.0 Å². The largest absolute Gasteiger partial charge is 0.348 e. The van der Waals surface area contributed by atoms with Gasteiger partial charge in [-0.15, -0.1) is 0 Å². The van der Waals surface area contributed by atoms with Crippen LogP contribution in [0.2, 0.25) is 5.02 Å². The zero-order valence-electron chi connectivity index (χ0n) is 10.7. The minimum absolute atomic E-state index is 0.178. The number of nitrogens with zero attached hydrogens (tertiary/aromatic N) is 4. The third kappa shape index (κ3) is 2.14. The normalized spacial score (nSPS) is 12.5. The fourth-order valence-electron chi connectivity index (χ4n) is 2.08. The van der Waals surface area contributed by atoms with E-state index in [1.807, 2.05) is 25.3 Å². The Morgan fingerprint density at radius 3 is 2.90 bits per heavy atom. The third-order valence-electron chi connectivity index (χ3n) is 3.06. The maximum absolute atomic E-state index is 12.0. The maximum Gasteiger partial charge on any atom is 0.348 e. The number of aromatic amines is 1. The molecular formula is C13H12ClN5O. The number of rotatable bonds is 3. The Morgan fingerprint density at radius 1 is 1.35 bits per heavy atom. The van der Waals surface area contributed by atoms with Crippen molar-refractivity contribution < 1.29 is 0 Å². The summed E-state index contributed by atoms with van der Waals surface area (Å²) in [5.74, 6) is 0.570. The summed E-state index contributed by atoms with van der Waals surface area (Å²) in [6.07, 6.45) is 3.51. The van der Waals surface area contributed by atoms with Crippen LogP contribution in [0, 0.1) is 0 Å². The van der Waals surface area contributed by atoms with Gasteiger partial charge in [-0.25, -0.2) is 14.5 Å². The number of hydrogen-bond donors (Lipinski definition) is 1. The highest BCUT2D eigenvalue weighted by atomic mass is 35.5. The van der Waals surface area contributed by atoms with E-state index in [1.165, 1.54) is 4.57 Å². The number of hydrogen-bond acceptors (Lipinski definition) is 3. The first-order chi connectivity index (χ1) is 9.66. The smallest absolute Gasteiger partial charge is 0.262 e. The Labute approximate surface area is 119 Å². The van der Waals surface area contributed by atoms with E-state index in [0.717, 1.165) is 0 Å². The molecule has 1 unspecified atom stereocenters. The van der Waals surface area contributed by atoms with Gasteiger partial charge in [-0.05, 0) is 31.2 Å². The molecule has 0 saturated carbocycles. The number of nitrogens with one attached hydrogen (secondary N) is 1. The standard InChI is InChI=1S/C13H12ClN5O/c1-9(18-7-3-6-15-18)12-16-17-13(20)19(12)11-5-2-4-10(14)8-11/h2-9H,1H3,(H,17,20). The van der Waals surface area contributed by atoms with Crippen molar-refractivity contribution in [2.75, 3.05) is 0 Å². The quantitative estimate of drug-likeness (QED) is 0.802. The summed E-state index contributed by atoms with van der Waals surface area (Å²) >= 11 is 5.98. The van der Waals surface area contributed by atoms with Crippen molar-refractivity contribution in [3.8, 4) is 5.69 Å². The lowest BCUT2D eigenvalue weighted by atomic mass is 10.2. The molecule has 0 spiro atoms. The summed E-state index contributed by atoms with van der Waals surface area (Å²) in [4.78, 5) is 12.0. The lowest BCUT2D eigenvalue weighted by Gasteiger charge is -2.13. The van der Waals surface area contributed by atoms with E-state index in [4.69, 9.17) is 11.6 Å². The highest BCUT2D eigenvalue weighted by Crippen LogP contribution is 2.19. The predicted molar refractivity (Wildman–Crippen MR) is 75.2 cm³/mol. The number of benzene rings is 1. The van der Waals surface area contributed by atoms with E-state index >= 15 is 0 Å². The van der Waals surface area contributed by atoms with Gasteiger partial charge in [0.2, 0.25) is 0 Å². The monoisotopic (exact) mass is 289 g/mol. The molecule has 0 saturated heterocycles. The molecule has 0 aliphatic rings. The molecule has 0 aliphatic carbocycles. The molecule has 2 heterocycles. The van der Waals surface area contributed by atoms with Crippen LogP contribution in [0.4, 0.5) is 0 Å². The molecule has 2 aromatic heterocycles. The van der Waals surface area contributed by atoms with Gasteiger partial charge in [-0.3, -0.25) is 4.68 Å². The molecule has 0 bridgehead atoms. The first kappa shape index (κ1) is 12.7. The van der Waals surface area contributed by atoms with Crippen LogP contribution in [0.3, 0.4) is 0 Å². The van der Waals surface area contributed by atoms with Gasteiger partial charge < -0.3 is 0 Å². The Balaban J connectivity index is 2.13. The molecule has 7 heteroatoms. The van der Waals surface area contributed by atoms with Crippen LogP contribution in [0.15, 0.2) is 47.5 Å². The van der Waals surface area contributed by atoms with Crippen molar-refractivity contribution in [1.82, 2.24) is 24.5 Å². The van der Waals surface area contributed by atoms with E-state index in [9.17, 15) is 4.79 Å². The molecule has 0 amide bonds. The average Bonchev–Trinajstić information content (AvgIpc) is 3.07. The first-order valence-electron chi connectivity index (χ1n) is 6.09. The summed E-state index contributed by atoms with van der Waals surface area (Å²) in [5.41, 5.74) is 0.367. The summed E-state index contributed by atoms with van der Waals surface area (Å²) in [7, 11) is 0. The second-order valence-electron chi connectivity index (χ2n) is 4.36. The number of aromatic nitrogens is 5. The topological polar surface area (TPSA) is 68.5 Å². The van der Waals surface area contributed by atoms with Crippen LogP contribution >= 0.6 is 11.6 Å². The molecule has 3 aromatic rings. The zero-order valence-corrected chi connectivity index (χ0v) is 11.4. The van der Waals surface area contributed by atoms with Gasteiger partial charge in [0.1, 0.15) is 6.04 Å². The molecule has 20 heavy (non-hydrogen) atoms. The minimum atomic E-state index is -0.304. The van der Waals surface area contributed by atoms with E-state index in [1.54, 1.807) is 29.1 Å². The third-order valence-corrected chi connectivity index (χ3v) is 3.30. The SMILES string of the molecule is CC(c1n[nH]c(=O)n1-c1cccc(Cl)c1)n1cccn1. The van der Waals surface area contributed by atoms with Gasteiger partial charge in [0.25, 0.3) is 0 Å². The van der Waals surface area contributed by atoms with Gasteiger partial charge >= 0.3 is 5.69 Å². The van der Waals surface area contributed by atoms with Crippen LogP contribution in [0.1, 0.15) is 18.8 Å². The molecule has 0 fully saturated rings. The van der Waals surface area contributed by atoms with Crippen molar-refractivity contribution in [2.24, 2.45) is 0 Å². The van der Waals surface area contributed by atoms with Crippen LogP contribution < -0.4 is 5.69 Å². The van der Waals surface area contributed by atoms with Gasteiger partial charge in [-0.2, -0.15) is 10.2 Å². The molecule has 0 aliphatic heterocycles.